The number of ketones is 1. The van der Waals surface area contributed by atoms with Crippen molar-refractivity contribution < 1.29 is 14.4 Å². The minimum Gasteiger partial charge on any atom is -0.351 e. The van der Waals surface area contributed by atoms with Crippen LogP contribution in [0.3, 0.4) is 0 Å². The maximum atomic E-state index is 13.1. The lowest BCUT2D eigenvalue weighted by molar-refractivity contribution is -0.136. The number of Topliss-reactive ketones (excluding diaryl/α,β-unsaturated/α-hetero) is 1. The van der Waals surface area contributed by atoms with Gasteiger partial charge in [-0.1, -0.05) is 48.5 Å². The molecule has 0 aromatic heterocycles. The molecule has 0 bridgehead atoms. The normalized spacial score (nSPS) is 15.4. The largest absolute Gasteiger partial charge is 0.351 e. The molecule has 0 saturated carbocycles. The minimum atomic E-state index is -0.952. The van der Waals surface area contributed by atoms with Crippen molar-refractivity contribution in [2.24, 2.45) is 16.7 Å². The molecular formula is C25H48N2O3S. The fourth-order valence-electron chi connectivity index (χ4n) is 4.74. The highest BCUT2D eigenvalue weighted by atomic mass is 32.1. The Labute approximate surface area is 196 Å². The Morgan fingerprint density at radius 1 is 0.742 bits per heavy atom. The first-order valence-electron chi connectivity index (χ1n) is 11.5. The molecule has 0 heterocycles. The number of carbonyl (C=O) groups excluding carboxylic acids is 3. The topological polar surface area (TPSA) is 75.3 Å². The summed E-state index contributed by atoms with van der Waals surface area (Å²) in [5.74, 6) is 0.344. The van der Waals surface area contributed by atoms with Crippen molar-refractivity contribution >= 4 is 30.2 Å². The summed E-state index contributed by atoms with van der Waals surface area (Å²) in [5.41, 5.74) is -2.27. The molecule has 2 N–H and O–H groups in total. The van der Waals surface area contributed by atoms with Crippen LogP contribution in [0.4, 0.5) is 0 Å². The molecule has 0 aromatic rings. The number of carbonyl (C=O) groups is 3. The number of hydrogen-bond acceptors (Lipinski definition) is 4. The van der Waals surface area contributed by atoms with Gasteiger partial charge in [0.25, 0.3) is 0 Å². The van der Waals surface area contributed by atoms with Crippen molar-refractivity contribution in [3.63, 3.8) is 0 Å². The molecule has 2 amide bonds. The van der Waals surface area contributed by atoms with Crippen LogP contribution in [0, 0.1) is 16.7 Å². The smallest absolute Gasteiger partial charge is 0.236 e. The number of thiol groups is 1. The van der Waals surface area contributed by atoms with Crippen LogP contribution in [-0.4, -0.2) is 33.4 Å². The predicted octanol–water partition coefficient (Wildman–Crippen LogP) is 5.32. The van der Waals surface area contributed by atoms with Crippen LogP contribution in [0.1, 0.15) is 109 Å². The highest BCUT2D eigenvalue weighted by molar-refractivity contribution is 7.82. The molecule has 5 nitrogen and oxygen atoms in total. The van der Waals surface area contributed by atoms with Gasteiger partial charge in [0.2, 0.25) is 11.8 Å². The first kappa shape index (κ1) is 30.0. The molecule has 0 spiro atoms. The Kier molecular flexibility index (Phi) is 9.92. The predicted molar refractivity (Wildman–Crippen MR) is 133 cm³/mol. The standard InChI is InChI=1S/C25H48N2O3S/c1-13-18(28)21(4,5)15-22(6,7)19(29)26-24(10,11)16-25(12,31)20(30)27-23(8,9)14-17(2)3/h17,31H,13-16H2,1-12H3,(H,26,29)(H,27,30). The van der Waals surface area contributed by atoms with Gasteiger partial charge in [0.15, 0.2) is 0 Å². The molecule has 0 aliphatic carbocycles. The number of amides is 2. The SMILES string of the molecule is CCC(=O)C(C)(C)CC(C)(C)C(=O)NC(C)(C)CC(C)(S)C(=O)NC(C)(C)CC(C)C. The molecule has 6 heteroatoms. The molecular weight excluding hydrogens is 408 g/mol. The maximum absolute atomic E-state index is 13.1. The van der Waals surface area contributed by atoms with Gasteiger partial charge in [-0.25, -0.2) is 0 Å². The van der Waals surface area contributed by atoms with E-state index in [1.54, 1.807) is 6.92 Å². The van der Waals surface area contributed by atoms with Crippen LogP contribution < -0.4 is 10.6 Å². The zero-order valence-electron chi connectivity index (χ0n) is 22.1. The van der Waals surface area contributed by atoms with Crippen molar-refractivity contribution in [2.45, 2.75) is 125 Å². The summed E-state index contributed by atoms with van der Waals surface area (Å²) >= 11 is 4.67. The molecule has 31 heavy (non-hydrogen) atoms. The lowest BCUT2D eigenvalue weighted by Crippen LogP contribution is -2.57. The summed E-state index contributed by atoms with van der Waals surface area (Å²) in [6.45, 7) is 23.3. The zero-order chi connectivity index (χ0) is 25.1. The van der Waals surface area contributed by atoms with E-state index in [-0.39, 0.29) is 23.1 Å². The highest BCUT2D eigenvalue weighted by Gasteiger charge is 2.42. The first-order chi connectivity index (χ1) is 13.6. The summed E-state index contributed by atoms with van der Waals surface area (Å²) in [7, 11) is 0. The van der Waals surface area contributed by atoms with Gasteiger partial charge in [0.1, 0.15) is 5.78 Å². The monoisotopic (exact) mass is 456 g/mol. The maximum Gasteiger partial charge on any atom is 0.236 e. The van der Waals surface area contributed by atoms with Gasteiger partial charge in [-0.15, -0.1) is 0 Å². The van der Waals surface area contributed by atoms with Gasteiger partial charge in [0.05, 0.1) is 4.75 Å². The van der Waals surface area contributed by atoms with Gasteiger partial charge in [-0.05, 0) is 59.8 Å². The Hall–Kier alpha value is -1.04. The molecule has 0 rings (SSSR count). The fourth-order valence-corrected chi connectivity index (χ4v) is 5.19. The van der Waals surface area contributed by atoms with Crippen LogP contribution in [0.15, 0.2) is 0 Å². The van der Waals surface area contributed by atoms with Crippen molar-refractivity contribution in [1.82, 2.24) is 10.6 Å². The van der Waals surface area contributed by atoms with E-state index in [0.29, 0.717) is 25.2 Å². The Bertz CT molecular complexity index is 662. The second-order valence-corrected chi connectivity index (χ2v) is 13.4. The molecule has 182 valence electrons. The lowest BCUT2D eigenvalue weighted by Gasteiger charge is -2.39. The molecule has 1 atom stereocenters. The van der Waals surface area contributed by atoms with E-state index in [9.17, 15) is 14.4 Å². The van der Waals surface area contributed by atoms with Gasteiger partial charge in [-0.3, -0.25) is 14.4 Å². The average Bonchev–Trinajstić information content (AvgIpc) is 2.49. The van der Waals surface area contributed by atoms with E-state index in [1.165, 1.54) is 0 Å². The minimum absolute atomic E-state index is 0.126. The van der Waals surface area contributed by atoms with Crippen molar-refractivity contribution in [2.75, 3.05) is 0 Å². The van der Waals surface area contributed by atoms with E-state index >= 15 is 0 Å². The van der Waals surface area contributed by atoms with E-state index in [1.807, 2.05) is 62.3 Å². The Morgan fingerprint density at radius 3 is 1.61 bits per heavy atom. The average molecular weight is 457 g/mol. The Morgan fingerprint density at radius 2 is 1.19 bits per heavy atom. The fraction of sp³-hybridized carbons (Fsp3) is 0.880. The number of hydrogen-bond donors (Lipinski definition) is 3. The van der Waals surface area contributed by atoms with Crippen LogP contribution >= 0.6 is 12.6 Å². The molecule has 0 aliphatic rings. The van der Waals surface area contributed by atoms with Crippen LogP contribution in [0.2, 0.25) is 0 Å². The summed E-state index contributed by atoms with van der Waals surface area (Å²) in [5, 5.41) is 6.22. The van der Waals surface area contributed by atoms with Crippen LogP contribution in [0.5, 0.6) is 0 Å². The van der Waals surface area contributed by atoms with Crippen LogP contribution in [0.25, 0.3) is 0 Å². The second kappa shape index (κ2) is 10.3. The molecule has 0 aliphatic heterocycles. The highest BCUT2D eigenvalue weighted by Crippen LogP contribution is 2.36. The van der Waals surface area contributed by atoms with Gasteiger partial charge < -0.3 is 10.6 Å². The third kappa shape index (κ3) is 9.97. The van der Waals surface area contributed by atoms with Gasteiger partial charge in [0, 0.05) is 28.3 Å². The van der Waals surface area contributed by atoms with Gasteiger partial charge >= 0.3 is 0 Å². The third-order valence-electron chi connectivity index (χ3n) is 5.67. The van der Waals surface area contributed by atoms with Crippen molar-refractivity contribution in [1.29, 1.82) is 0 Å². The Balaban J connectivity index is 5.28. The van der Waals surface area contributed by atoms with Crippen molar-refractivity contribution in [3.8, 4) is 0 Å². The molecule has 0 aromatic carbocycles. The van der Waals surface area contributed by atoms with Gasteiger partial charge in [-0.2, -0.15) is 12.6 Å². The summed E-state index contributed by atoms with van der Waals surface area (Å²) in [6, 6.07) is 0. The second-order valence-electron chi connectivity index (χ2n) is 12.4. The van der Waals surface area contributed by atoms with Crippen LogP contribution in [-0.2, 0) is 14.4 Å². The van der Waals surface area contributed by atoms with Crippen molar-refractivity contribution in [3.05, 3.63) is 0 Å². The molecule has 1 unspecified atom stereocenters. The zero-order valence-corrected chi connectivity index (χ0v) is 23.0. The molecule has 0 saturated heterocycles. The first-order valence-corrected chi connectivity index (χ1v) is 11.9. The summed E-state index contributed by atoms with van der Waals surface area (Å²) in [4.78, 5) is 38.4. The summed E-state index contributed by atoms with van der Waals surface area (Å²) < 4.78 is -0.952. The number of rotatable bonds is 12. The quantitative estimate of drug-likeness (QED) is 0.348. The van der Waals surface area contributed by atoms with E-state index in [2.05, 4.69) is 37.1 Å². The summed E-state index contributed by atoms with van der Waals surface area (Å²) in [6.07, 6.45) is 2.14. The molecule has 0 radical (unpaired) electrons. The number of nitrogens with one attached hydrogen (secondary N) is 2. The van der Waals surface area contributed by atoms with E-state index in [4.69, 9.17) is 0 Å². The molecule has 0 fully saturated rings. The lowest BCUT2D eigenvalue weighted by atomic mass is 9.71. The van der Waals surface area contributed by atoms with E-state index in [0.717, 1.165) is 6.42 Å². The van der Waals surface area contributed by atoms with E-state index < -0.39 is 21.1 Å². The third-order valence-corrected chi connectivity index (χ3v) is 6.03.